The Morgan fingerprint density at radius 1 is 1.28 bits per heavy atom. The highest BCUT2D eigenvalue weighted by Crippen LogP contribution is 2.24. The third-order valence-electron chi connectivity index (χ3n) is 5.07. The number of hydrogen-bond donors (Lipinski definition) is 1. The molecule has 7 nitrogen and oxygen atoms in total. The summed E-state index contributed by atoms with van der Waals surface area (Å²) in [7, 11) is 0. The maximum absolute atomic E-state index is 5.79. The second kappa shape index (κ2) is 8.62. The van der Waals surface area contributed by atoms with Crippen molar-refractivity contribution in [1.82, 2.24) is 25.3 Å². The van der Waals surface area contributed by atoms with E-state index in [1.54, 1.807) is 4.68 Å². The number of nitrogens with one attached hydrogen (secondary N) is 1. The number of pyridine rings is 1. The molecule has 1 saturated heterocycles. The molecule has 2 aromatic rings. The monoisotopic (exact) mass is 395 g/mol. The Morgan fingerprint density at radius 2 is 2.07 bits per heavy atom. The molecule has 0 bridgehead atoms. The molecular weight excluding hydrogens is 366 g/mol. The third kappa shape index (κ3) is 5.41. The van der Waals surface area contributed by atoms with Crippen LogP contribution in [0.4, 0.5) is 0 Å². The lowest BCUT2D eigenvalue weighted by Gasteiger charge is -2.34. The lowest BCUT2D eigenvalue weighted by atomic mass is 9.96. The van der Waals surface area contributed by atoms with Gasteiger partial charge in [0, 0.05) is 23.2 Å². The Morgan fingerprint density at radius 3 is 2.79 bits per heavy atom. The maximum atomic E-state index is 5.79. The van der Waals surface area contributed by atoms with E-state index in [1.165, 1.54) is 12.8 Å². The molecule has 2 aromatic heterocycles. The second-order valence-corrected chi connectivity index (χ2v) is 8.58. The molecule has 0 amide bonds. The van der Waals surface area contributed by atoms with E-state index >= 15 is 0 Å². The topological polar surface area (TPSA) is 74.1 Å². The number of ether oxygens (including phenoxy) is 2. The lowest BCUT2D eigenvalue weighted by molar-refractivity contribution is -0.227. The van der Waals surface area contributed by atoms with Crippen LogP contribution in [-0.2, 0) is 22.4 Å². The fourth-order valence-electron chi connectivity index (χ4n) is 3.19. The van der Waals surface area contributed by atoms with Crippen molar-refractivity contribution in [2.75, 3.05) is 19.8 Å². The molecule has 0 radical (unpaired) electrons. The molecule has 3 heterocycles. The Hall–Kier alpha value is -2.27. The summed E-state index contributed by atoms with van der Waals surface area (Å²) in [6, 6.07) is 2.77. The van der Waals surface area contributed by atoms with Crippen molar-refractivity contribution in [3.8, 4) is 23.2 Å². The molecule has 4 rings (SSSR count). The van der Waals surface area contributed by atoms with Gasteiger partial charge in [-0.05, 0) is 30.9 Å². The summed E-state index contributed by atoms with van der Waals surface area (Å²) >= 11 is 0. The van der Waals surface area contributed by atoms with Crippen LogP contribution >= 0.6 is 0 Å². The molecule has 0 unspecified atom stereocenters. The van der Waals surface area contributed by atoms with Crippen molar-refractivity contribution in [1.29, 1.82) is 0 Å². The van der Waals surface area contributed by atoms with Gasteiger partial charge in [-0.2, -0.15) is 0 Å². The van der Waals surface area contributed by atoms with E-state index in [1.807, 2.05) is 12.4 Å². The zero-order valence-corrected chi connectivity index (χ0v) is 17.4. The van der Waals surface area contributed by atoms with Crippen LogP contribution < -0.4 is 5.32 Å². The molecule has 7 heteroatoms. The van der Waals surface area contributed by atoms with E-state index in [4.69, 9.17) is 9.47 Å². The highest BCUT2D eigenvalue weighted by molar-refractivity contribution is 5.59. The molecule has 1 aliphatic carbocycles. The summed E-state index contributed by atoms with van der Waals surface area (Å²) in [5.41, 5.74) is 3.72. The second-order valence-electron chi connectivity index (χ2n) is 8.58. The number of hydrogen-bond acceptors (Lipinski definition) is 6. The first kappa shape index (κ1) is 20.0. The molecule has 1 saturated carbocycles. The highest BCUT2D eigenvalue weighted by atomic mass is 16.7. The summed E-state index contributed by atoms with van der Waals surface area (Å²) in [6.45, 7) is 8.98. The molecular formula is C22H29N5O2. The summed E-state index contributed by atoms with van der Waals surface area (Å²) in [5.74, 6) is 6.38. The Balaban J connectivity index is 1.41. The Kier molecular flexibility index (Phi) is 5.95. The van der Waals surface area contributed by atoms with Gasteiger partial charge >= 0.3 is 0 Å². The van der Waals surface area contributed by atoms with Crippen LogP contribution in [0.2, 0.25) is 0 Å². The van der Waals surface area contributed by atoms with Gasteiger partial charge in [-0.25, -0.2) is 4.68 Å². The van der Waals surface area contributed by atoms with Crippen molar-refractivity contribution >= 4 is 0 Å². The SMILES string of the molecule is CCc1cc(C#CCNC2CC2)cnc1-c1cn(CC2OCC(C)(C)CO2)nn1. The average Bonchev–Trinajstić information content (AvgIpc) is 3.43. The number of aromatic nitrogens is 4. The van der Waals surface area contributed by atoms with Gasteiger partial charge in [-0.3, -0.25) is 4.98 Å². The van der Waals surface area contributed by atoms with Gasteiger partial charge in [0.25, 0.3) is 0 Å². The predicted octanol–water partition coefficient (Wildman–Crippen LogP) is 2.41. The number of rotatable bonds is 6. The van der Waals surface area contributed by atoms with E-state index in [9.17, 15) is 0 Å². The van der Waals surface area contributed by atoms with Gasteiger partial charge in [0.2, 0.25) is 0 Å². The zero-order valence-electron chi connectivity index (χ0n) is 17.4. The summed E-state index contributed by atoms with van der Waals surface area (Å²) < 4.78 is 13.3. The molecule has 154 valence electrons. The van der Waals surface area contributed by atoms with Crippen LogP contribution in [-0.4, -0.2) is 52.1 Å². The van der Waals surface area contributed by atoms with E-state index < -0.39 is 0 Å². The minimum absolute atomic E-state index is 0.0581. The average molecular weight is 396 g/mol. The van der Waals surface area contributed by atoms with Gasteiger partial charge in [-0.15, -0.1) is 5.10 Å². The van der Waals surface area contributed by atoms with E-state index in [2.05, 4.69) is 59.3 Å². The van der Waals surface area contributed by atoms with E-state index in [0.717, 1.165) is 35.5 Å². The van der Waals surface area contributed by atoms with Gasteiger partial charge in [-0.1, -0.05) is 37.8 Å². The minimum Gasteiger partial charge on any atom is -0.350 e. The normalized spacial score (nSPS) is 19.0. The van der Waals surface area contributed by atoms with Crippen molar-refractivity contribution < 1.29 is 9.47 Å². The van der Waals surface area contributed by atoms with Gasteiger partial charge < -0.3 is 14.8 Å². The van der Waals surface area contributed by atoms with E-state index in [-0.39, 0.29) is 11.7 Å². The Labute approximate surface area is 172 Å². The number of aryl methyl sites for hydroxylation is 1. The quantitative estimate of drug-likeness (QED) is 0.757. The Bertz CT molecular complexity index is 897. The van der Waals surface area contributed by atoms with Crippen LogP contribution in [0.1, 0.15) is 44.7 Å². The first-order valence-corrected chi connectivity index (χ1v) is 10.4. The standard InChI is InChI=1S/C22H29N5O2/c1-4-17-10-16(6-5-9-23-18-7-8-18)11-24-21(17)19-12-27(26-25-19)13-20-28-14-22(2,3)15-29-20/h10-12,18,20,23H,4,7-9,13-15H2,1-3H3. The highest BCUT2D eigenvalue weighted by Gasteiger charge is 2.28. The van der Waals surface area contributed by atoms with Crippen LogP contribution in [0.3, 0.4) is 0 Å². The molecule has 1 aliphatic heterocycles. The van der Waals surface area contributed by atoms with Crippen LogP contribution in [0.5, 0.6) is 0 Å². The fraction of sp³-hybridized carbons (Fsp3) is 0.591. The zero-order chi connectivity index (χ0) is 20.3. The van der Waals surface area contributed by atoms with Crippen molar-refractivity contribution in [2.45, 2.75) is 58.9 Å². The lowest BCUT2D eigenvalue weighted by Crippen LogP contribution is -2.39. The maximum Gasteiger partial charge on any atom is 0.177 e. The molecule has 29 heavy (non-hydrogen) atoms. The van der Waals surface area contributed by atoms with Gasteiger partial charge in [0.15, 0.2) is 6.29 Å². The largest absolute Gasteiger partial charge is 0.350 e. The van der Waals surface area contributed by atoms with Crippen molar-refractivity contribution in [2.24, 2.45) is 5.41 Å². The molecule has 2 aliphatic rings. The summed E-state index contributed by atoms with van der Waals surface area (Å²) in [5, 5.41) is 11.9. The summed E-state index contributed by atoms with van der Waals surface area (Å²) in [4.78, 5) is 4.62. The molecule has 0 atom stereocenters. The molecule has 0 aromatic carbocycles. The summed E-state index contributed by atoms with van der Waals surface area (Å²) in [6.07, 6.45) is 6.82. The first-order chi connectivity index (χ1) is 14.0. The van der Waals surface area contributed by atoms with Crippen LogP contribution in [0.15, 0.2) is 18.5 Å². The van der Waals surface area contributed by atoms with Crippen LogP contribution in [0.25, 0.3) is 11.4 Å². The van der Waals surface area contributed by atoms with Gasteiger partial charge in [0.1, 0.15) is 5.69 Å². The van der Waals surface area contributed by atoms with Gasteiger partial charge in [0.05, 0.1) is 38.2 Å². The first-order valence-electron chi connectivity index (χ1n) is 10.4. The fourth-order valence-corrected chi connectivity index (χ4v) is 3.19. The molecule has 2 fully saturated rings. The van der Waals surface area contributed by atoms with Crippen molar-refractivity contribution in [3.05, 3.63) is 29.6 Å². The third-order valence-corrected chi connectivity index (χ3v) is 5.07. The molecule has 0 spiro atoms. The van der Waals surface area contributed by atoms with E-state index in [0.29, 0.717) is 25.8 Å². The number of nitrogens with zero attached hydrogens (tertiary/aromatic N) is 4. The van der Waals surface area contributed by atoms with Crippen molar-refractivity contribution in [3.63, 3.8) is 0 Å². The molecule has 1 N–H and O–H groups in total. The van der Waals surface area contributed by atoms with Crippen LogP contribution in [0, 0.1) is 17.3 Å². The predicted molar refractivity (Wildman–Crippen MR) is 110 cm³/mol. The minimum atomic E-state index is -0.293. The smallest absolute Gasteiger partial charge is 0.177 e.